The number of piperazine rings is 11. The molecule has 0 aromatic rings. The second-order valence-electron chi connectivity index (χ2n) is 47.2. The van der Waals surface area contributed by atoms with Crippen LogP contribution in [0.1, 0.15) is 225 Å². The lowest BCUT2D eigenvalue weighted by Gasteiger charge is -2.37. The molecule has 11 aliphatic heterocycles. The number of likely N-dealkylation sites (N-methyl/N-ethyl adjacent to an activating group) is 11. The van der Waals surface area contributed by atoms with Gasteiger partial charge < -0.3 is 117 Å². The largest absolute Gasteiger partial charge is 0.453 e. The first kappa shape index (κ1) is 131. The molecule has 0 aromatic carbocycles. The number of hydrogen-bond acceptors (Lipinski definition) is 24. The van der Waals surface area contributed by atoms with Crippen LogP contribution in [0.25, 0.3) is 0 Å². The molecule has 0 spiro atoms. The maximum absolute atomic E-state index is 12.2. The zero-order chi connectivity index (χ0) is 109. The van der Waals surface area contributed by atoms with Gasteiger partial charge in [-0.15, -0.1) is 0 Å². The molecule has 11 heterocycles. The van der Waals surface area contributed by atoms with Crippen LogP contribution >= 0.6 is 0 Å². The van der Waals surface area contributed by atoms with Crippen LogP contribution in [-0.2, 0) is 52.6 Å². The zero-order valence-electron chi connectivity index (χ0n) is 98.2. The number of methoxy groups -OCH3 is 1. The van der Waals surface area contributed by atoms with Crippen LogP contribution in [0.5, 0.6) is 0 Å². The molecule has 35 nitrogen and oxygen atoms in total. The molecule has 852 valence electrons. The van der Waals surface area contributed by atoms with E-state index < -0.39 is 0 Å². The average Bonchev–Trinajstić information content (AvgIpc) is 1.68. The molecule has 35 heteroatoms. The number of amides is 11. The van der Waals surface area contributed by atoms with E-state index in [1.54, 1.807) is 9.80 Å². The first-order valence-electron chi connectivity index (χ1n) is 57.6. The minimum absolute atomic E-state index is 0.112. The smallest absolute Gasteiger partial charge is 0.409 e. The van der Waals surface area contributed by atoms with Crippen molar-refractivity contribution in [3.05, 3.63) is 0 Å². The fourth-order valence-electron chi connectivity index (χ4n) is 19.3. The number of hydrogen-bond donors (Lipinski definition) is 0. The molecule has 15 fully saturated rings. The number of carbonyl (C=O) groups excluding carboxylic acids is 11. The molecular formula is C112H216N22O13. The molecule has 11 amide bonds. The van der Waals surface area contributed by atoms with E-state index in [0.29, 0.717) is 102 Å². The van der Waals surface area contributed by atoms with Gasteiger partial charge in [-0.05, 0) is 179 Å². The SMILES string of the molecule is CC(C)C(C)C(=O)N1CCN(C)CC1.CC(C)CCC(=O)N1CCN(C)CC1.CCC(C)(C)C(=O)N1CCN(C)CC1.CCC(CC)C(=O)N1CCN(C)CC1.CCOC(=O)N1CCN(C)CC1.CN1CCN(C(=O)C2CC2)CC1.CN1CCN(C(=O)C2CCC2)CC1.CN1CCN(C(=O)C2CCCC2)CC1.CN1CCN(C(=O)C2CCCCC2)CC1.CN1CCN(C(=O)CC(C)(C)C)CC1.COC(=O)N1CCN(C)CC1. The molecule has 147 heavy (non-hydrogen) atoms. The lowest BCUT2D eigenvalue weighted by molar-refractivity contribution is -0.142. The molecule has 4 saturated carbocycles. The van der Waals surface area contributed by atoms with Crippen LogP contribution < -0.4 is 0 Å². The zero-order valence-corrected chi connectivity index (χ0v) is 98.2. The Hall–Kier alpha value is -6.67. The van der Waals surface area contributed by atoms with Crippen LogP contribution in [0.2, 0.25) is 0 Å². The molecule has 15 aliphatic rings. The highest BCUT2D eigenvalue weighted by Crippen LogP contribution is 2.33. The van der Waals surface area contributed by atoms with Gasteiger partial charge in [0.15, 0.2) is 0 Å². The number of ether oxygens (including phenoxy) is 2. The van der Waals surface area contributed by atoms with Crippen LogP contribution in [-0.4, -0.2) is 552 Å². The highest BCUT2D eigenvalue weighted by molar-refractivity contribution is 5.84. The van der Waals surface area contributed by atoms with Gasteiger partial charge in [0.2, 0.25) is 53.2 Å². The molecule has 1 unspecified atom stereocenters. The minimum atomic E-state index is -0.210. The fourth-order valence-corrected chi connectivity index (χ4v) is 19.3. The maximum Gasteiger partial charge on any atom is 0.409 e. The van der Waals surface area contributed by atoms with Crippen molar-refractivity contribution in [3.8, 4) is 0 Å². The molecule has 0 bridgehead atoms. The van der Waals surface area contributed by atoms with E-state index >= 15 is 0 Å². The van der Waals surface area contributed by atoms with Gasteiger partial charge in [0.1, 0.15) is 0 Å². The van der Waals surface area contributed by atoms with Crippen molar-refractivity contribution < 1.29 is 62.2 Å². The van der Waals surface area contributed by atoms with Gasteiger partial charge in [0, 0.05) is 342 Å². The van der Waals surface area contributed by atoms with Gasteiger partial charge in [0.25, 0.3) is 0 Å². The van der Waals surface area contributed by atoms with Crippen molar-refractivity contribution >= 4 is 65.4 Å². The second kappa shape index (κ2) is 69.9. The average molecular weight is 2080 g/mol. The summed E-state index contributed by atoms with van der Waals surface area (Å²) in [5.74, 6) is 6.31. The van der Waals surface area contributed by atoms with Gasteiger partial charge >= 0.3 is 12.2 Å². The topological polar surface area (TPSA) is 278 Å². The fraction of sp³-hybridized carbons (Fsp3) is 0.902. The summed E-state index contributed by atoms with van der Waals surface area (Å²) in [7, 11) is 24.5. The molecule has 0 N–H and O–H groups in total. The quantitative estimate of drug-likeness (QED) is 0.139. The van der Waals surface area contributed by atoms with Gasteiger partial charge in [-0.2, -0.15) is 0 Å². The van der Waals surface area contributed by atoms with E-state index in [0.717, 1.165) is 371 Å². The standard InChI is InChI=1S/C12H22N2O.C11H20N2O.5C11H22N2O.C10H18N2O.C9H16N2O.C8H16N2O2.C7H14N2O2/c1-13-7-9-14(10-8-13)12(15)11-5-3-2-4-6-11;1-12-6-8-13(9-7-12)11(14)10-4-2-3-5-10;1-11(2,3)9-10(14)13-7-5-12(4)6-8-13;1-9(2)10(3)11(14)13-7-5-12(4)6-8-13;1-10(2)4-5-11(14)13-8-6-12(3)7-9-13;1-5-11(2,3)10(14)13-8-6-12(4)7-9-13;1-4-10(5-2)11(14)13-8-6-12(3)7-9-13;1-11-5-7-12(8-6-11)10(13)9-3-2-4-9;1-10-4-6-11(7-5-10)9(12)8-2-3-8;1-3-12-8(11)10-6-4-9(2)5-7-10;1-8-3-5-9(6-4-8)7(10)11-2/h11H,2-10H2,1H3;10H,2-9H2,1H3;5-9H2,1-4H3;9-10H,5-8H2,1-4H3;10H,4-9H2,1-3H3;5-9H2,1-4H3;10H,4-9H2,1-3H3;9H,2-8H2,1H3;8H,2-7H2,1H3;3-7H2,1-2H3;3-6H2,1-2H3. The van der Waals surface area contributed by atoms with Crippen molar-refractivity contribution in [1.82, 2.24) is 108 Å². The summed E-state index contributed by atoms with van der Waals surface area (Å²) in [6.07, 6.45) is 21.5. The third-order valence-corrected chi connectivity index (χ3v) is 32.2. The third-order valence-electron chi connectivity index (χ3n) is 32.2. The van der Waals surface area contributed by atoms with Gasteiger partial charge in [-0.3, -0.25) is 43.2 Å². The minimum Gasteiger partial charge on any atom is -0.453 e. The van der Waals surface area contributed by atoms with Gasteiger partial charge in [-0.1, -0.05) is 129 Å². The summed E-state index contributed by atoms with van der Waals surface area (Å²) < 4.78 is 9.48. The lowest BCUT2D eigenvalue weighted by atomic mass is 9.84. The second-order valence-corrected chi connectivity index (χ2v) is 47.2. The summed E-state index contributed by atoms with van der Waals surface area (Å²) in [5, 5.41) is 0. The third kappa shape index (κ3) is 50.8. The van der Waals surface area contributed by atoms with Crippen LogP contribution in [0.4, 0.5) is 9.59 Å². The number of nitrogens with zero attached hydrogens (tertiary/aromatic N) is 22. The van der Waals surface area contributed by atoms with E-state index in [2.05, 4.69) is 215 Å². The molecule has 0 radical (unpaired) electrons. The Bertz CT molecular complexity index is 3600. The Labute approximate surface area is 893 Å². The van der Waals surface area contributed by atoms with Crippen LogP contribution in [0.15, 0.2) is 0 Å². The molecular weight excluding hydrogens is 1860 g/mol. The monoisotopic (exact) mass is 2080 g/mol. The number of carbonyl (C=O) groups is 11. The van der Waals surface area contributed by atoms with E-state index in [9.17, 15) is 52.7 Å². The van der Waals surface area contributed by atoms with E-state index in [-0.39, 0.29) is 34.9 Å². The van der Waals surface area contributed by atoms with Crippen molar-refractivity contribution in [2.45, 2.75) is 225 Å². The van der Waals surface area contributed by atoms with Gasteiger partial charge in [-0.25, -0.2) is 9.59 Å². The van der Waals surface area contributed by atoms with Crippen LogP contribution in [0.3, 0.4) is 0 Å². The van der Waals surface area contributed by atoms with Crippen molar-refractivity contribution in [3.63, 3.8) is 0 Å². The molecule has 4 aliphatic carbocycles. The maximum atomic E-state index is 12.2. The molecule has 15 rings (SSSR count). The Kier molecular flexibility index (Phi) is 62.2. The Morgan fingerprint density at radius 1 is 0.279 bits per heavy atom. The van der Waals surface area contributed by atoms with Crippen molar-refractivity contribution in [2.75, 3.05) is 379 Å². The summed E-state index contributed by atoms with van der Waals surface area (Å²) >= 11 is 0. The molecule has 11 saturated heterocycles. The number of rotatable bonds is 16. The molecule has 0 aromatic heterocycles. The van der Waals surface area contributed by atoms with E-state index in [4.69, 9.17) is 4.74 Å². The summed E-state index contributed by atoms with van der Waals surface area (Å²) in [5.41, 5.74) is -0.0731. The summed E-state index contributed by atoms with van der Waals surface area (Å²) in [6, 6.07) is 0. The van der Waals surface area contributed by atoms with E-state index in [1.807, 2.05) is 62.0 Å². The first-order valence-corrected chi connectivity index (χ1v) is 57.6. The van der Waals surface area contributed by atoms with Crippen molar-refractivity contribution in [1.29, 1.82) is 0 Å². The molecule has 1 atom stereocenters. The normalized spacial score (nSPS) is 22.0. The summed E-state index contributed by atoms with van der Waals surface area (Å²) in [4.78, 5) is 176. The van der Waals surface area contributed by atoms with E-state index in [1.165, 1.54) is 45.6 Å². The van der Waals surface area contributed by atoms with Crippen molar-refractivity contribution in [2.24, 2.45) is 58.2 Å². The highest BCUT2D eigenvalue weighted by atomic mass is 16.6. The highest BCUT2D eigenvalue weighted by Gasteiger charge is 2.38. The summed E-state index contributed by atoms with van der Waals surface area (Å²) in [6.45, 7) is 71.4. The Balaban J connectivity index is 0.000000285. The lowest BCUT2D eigenvalue weighted by Crippen LogP contribution is -2.50. The first-order chi connectivity index (χ1) is 69.7. The van der Waals surface area contributed by atoms with Gasteiger partial charge in [0.05, 0.1) is 13.7 Å². The van der Waals surface area contributed by atoms with Crippen LogP contribution in [0, 0.1) is 58.2 Å². The predicted molar refractivity (Wildman–Crippen MR) is 593 cm³/mol. The Morgan fingerprint density at radius 2 is 0.524 bits per heavy atom. The predicted octanol–water partition coefficient (Wildman–Crippen LogP) is 9.25. The Morgan fingerprint density at radius 3 is 0.769 bits per heavy atom.